The van der Waals surface area contributed by atoms with Crippen LogP contribution in [0.2, 0.25) is 0 Å². The van der Waals surface area contributed by atoms with Crippen LogP contribution < -0.4 is 20.1 Å². The summed E-state index contributed by atoms with van der Waals surface area (Å²) in [6.07, 6.45) is 2.23. The number of benzene rings is 1. The van der Waals surface area contributed by atoms with Gasteiger partial charge in [0.15, 0.2) is 17.5 Å². The lowest BCUT2D eigenvalue weighted by Gasteiger charge is -2.14. The second-order valence-corrected chi connectivity index (χ2v) is 4.56. The van der Waals surface area contributed by atoms with E-state index in [0.29, 0.717) is 18.0 Å². The number of aromatic hydroxyl groups is 1. The number of ether oxygens (including phenoxy) is 2. The van der Waals surface area contributed by atoms with Crippen molar-refractivity contribution in [1.29, 1.82) is 0 Å². The number of hydrogen-bond donors (Lipinski definition) is 3. The molecule has 0 saturated carbocycles. The topological polar surface area (TPSA) is 75.1 Å². The Morgan fingerprint density at radius 3 is 2.29 bits per heavy atom. The molecule has 0 heterocycles. The minimum atomic E-state index is 0.00852. The van der Waals surface area contributed by atoms with Gasteiger partial charge in [0.2, 0.25) is 5.75 Å². The summed E-state index contributed by atoms with van der Waals surface area (Å²) in [7, 11) is 4.76. The molecular formula is C15H25N3O3. The molecule has 0 aliphatic heterocycles. The summed E-state index contributed by atoms with van der Waals surface area (Å²) < 4.78 is 10.3. The van der Waals surface area contributed by atoms with Gasteiger partial charge in [-0.05, 0) is 24.1 Å². The van der Waals surface area contributed by atoms with Crippen LogP contribution in [0.15, 0.2) is 17.1 Å². The van der Waals surface area contributed by atoms with Gasteiger partial charge in [-0.2, -0.15) is 0 Å². The zero-order valence-electron chi connectivity index (χ0n) is 13.2. The Morgan fingerprint density at radius 2 is 1.81 bits per heavy atom. The van der Waals surface area contributed by atoms with Gasteiger partial charge in [-0.25, -0.2) is 0 Å². The summed E-state index contributed by atoms with van der Waals surface area (Å²) >= 11 is 0. The predicted molar refractivity (Wildman–Crippen MR) is 84.3 cm³/mol. The Bertz CT molecular complexity index is 450. The molecule has 0 aromatic heterocycles. The van der Waals surface area contributed by atoms with Crippen LogP contribution in [0.3, 0.4) is 0 Å². The minimum absolute atomic E-state index is 0.00852. The first-order valence-electron chi connectivity index (χ1n) is 7.04. The fraction of sp³-hybridized carbons (Fsp3) is 0.533. The van der Waals surface area contributed by atoms with Gasteiger partial charge in [-0.3, -0.25) is 4.99 Å². The Kier molecular flexibility index (Phi) is 7.21. The maximum Gasteiger partial charge on any atom is 0.200 e. The normalized spacial score (nSPS) is 11.1. The van der Waals surface area contributed by atoms with Crippen molar-refractivity contribution in [2.75, 3.05) is 27.8 Å². The summed E-state index contributed by atoms with van der Waals surface area (Å²) in [5.74, 6) is 1.53. The van der Waals surface area contributed by atoms with E-state index in [1.54, 1.807) is 19.2 Å². The highest BCUT2D eigenvalue weighted by molar-refractivity contribution is 5.79. The van der Waals surface area contributed by atoms with E-state index < -0.39 is 0 Å². The van der Waals surface area contributed by atoms with E-state index in [0.717, 1.165) is 30.9 Å². The first-order valence-corrected chi connectivity index (χ1v) is 7.04. The zero-order valence-corrected chi connectivity index (χ0v) is 13.2. The van der Waals surface area contributed by atoms with Gasteiger partial charge in [0.25, 0.3) is 0 Å². The van der Waals surface area contributed by atoms with Crippen molar-refractivity contribution in [3.8, 4) is 17.2 Å². The molecule has 21 heavy (non-hydrogen) atoms. The fourth-order valence-electron chi connectivity index (χ4n) is 1.84. The molecule has 118 valence electrons. The third-order valence-corrected chi connectivity index (χ3v) is 3.05. The number of hydrogen-bond acceptors (Lipinski definition) is 4. The van der Waals surface area contributed by atoms with Crippen molar-refractivity contribution < 1.29 is 14.6 Å². The summed E-state index contributed by atoms with van der Waals surface area (Å²) in [6, 6.07) is 3.54. The number of rotatable bonds is 7. The highest BCUT2D eigenvalue weighted by Crippen LogP contribution is 2.36. The molecule has 0 bridgehead atoms. The van der Waals surface area contributed by atoms with E-state index in [4.69, 9.17) is 9.47 Å². The number of nitrogens with zero attached hydrogens (tertiary/aromatic N) is 1. The minimum Gasteiger partial charge on any atom is -0.502 e. The standard InChI is InChI=1S/C15H25N3O3/c1-5-6-7-17-15(16-2)18-10-11-8-12(20-3)14(19)13(9-11)21-4/h8-9,19H,5-7,10H2,1-4H3,(H2,16,17,18). The first-order chi connectivity index (χ1) is 10.2. The second kappa shape index (κ2) is 8.94. The van der Waals surface area contributed by atoms with Crippen LogP contribution in [0.5, 0.6) is 17.2 Å². The zero-order chi connectivity index (χ0) is 15.7. The number of unbranched alkanes of at least 4 members (excludes halogenated alkanes) is 1. The van der Waals surface area contributed by atoms with Crippen molar-refractivity contribution in [2.24, 2.45) is 4.99 Å². The SMILES string of the molecule is CCCCNC(=NC)NCc1cc(OC)c(O)c(OC)c1. The van der Waals surface area contributed by atoms with Crippen molar-refractivity contribution in [3.05, 3.63) is 17.7 Å². The molecule has 3 N–H and O–H groups in total. The van der Waals surface area contributed by atoms with Gasteiger partial charge >= 0.3 is 0 Å². The molecule has 0 radical (unpaired) electrons. The lowest BCUT2D eigenvalue weighted by Crippen LogP contribution is -2.37. The maximum atomic E-state index is 9.87. The Balaban J connectivity index is 2.70. The fourth-order valence-corrected chi connectivity index (χ4v) is 1.84. The molecule has 0 atom stereocenters. The van der Waals surface area contributed by atoms with Crippen LogP contribution in [0, 0.1) is 0 Å². The molecule has 0 fully saturated rings. The number of nitrogens with one attached hydrogen (secondary N) is 2. The predicted octanol–water partition coefficient (Wildman–Crippen LogP) is 1.87. The number of phenolic OH excluding ortho intramolecular Hbond substituents is 1. The number of phenols is 1. The molecule has 1 aromatic rings. The molecule has 0 amide bonds. The van der Waals surface area contributed by atoms with Crippen LogP contribution in [0.25, 0.3) is 0 Å². The molecule has 1 aromatic carbocycles. The molecule has 0 spiro atoms. The molecule has 6 heteroatoms. The van der Waals surface area contributed by atoms with Crippen molar-refractivity contribution in [2.45, 2.75) is 26.3 Å². The van der Waals surface area contributed by atoms with Crippen LogP contribution in [0.1, 0.15) is 25.3 Å². The van der Waals surface area contributed by atoms with Gasteiger partial charge in [0, 0.05) is 20.1 Å². The van der Waals surface area contributed by atoms with Gasteiger partial charge in [0.05, 0.1) is 14.2 Å². The lowest BCUT2D eigenvalue weighted by molar-refractivity contribution is 0.339. The van der Waals surface area contributed by atoms with E-state index in [9.17, 15) is 5.11 Å². The third-order valence-electron chi connectivity index (χ3n) is 3.05. The Hall–Kier alpha value is -2.11. The van der Waals surface area contributed by atoms with E-state index in [1.165, 1.54) is 14.2 Å². The highest BCUT2D eigenvalue weighted by atomic mass is 16.5. The molecule has 0 saturated heterocycles. The molecular weight excluding hydrogens is 270 g/mol. The quantitative estimate of drug-likeness (QED) is 0.407. The monoisotopic (exact) mass is 295 g/mol. The van der Waals surface area contributed by atoms with Crippen LogP contribution in [-0.2, 0) is 6.54 Å². The first kappa shape index (κ1) is 16.9. The summed E-state index contributed by atoms with van der Waals surface area (Å²) in [5.41, 5.74) is 0.931. The van der Waals surface area contributed by atoms with Crippen molar-refractivity contribution >= 4 is 5.96 Å². The summed E-state index contributed by atoms with van der Waals surface area (Å²) in [6.45, 7) is 3.59. The third kappa shape index (κ3) is 5.06. The largest absolute Gasteiger partial charge is 0.502 e. The molecule has 0 unspecified atom stereocenters. The number of methoxy groups -OCH3 is 2. The van der Waals surface area contributed by atoms with E-state index in [-0.39, 0.29) is 5.75 Å². The van der Waals surface area contributed by atoms with Crippen LogP contribution in [-0.4, -0.2) is 38.9 Å². The Morgan fingerprint density at radius 1 is 1.19 bits per heavy atom. The van der Waals surface area contributed by atoms with Crippen molar-refractivity contribution in [3.63, 3.8) is 0 Å². The van der Waals surface area contributed by atoms with E-state index in [1.807, 2.05) is 0 Å². The maximum absolute atomic E-state index is 9.87. The summed E-state index contributed by atoms with van der Waals surface area (Å²) in [4.78, 5) is 4.16. The van der Waals surface area contributed by atoms with E-state index >= 15 is 0 Å². The van der Waals surface area contributed by atoms with Crippen molar-refractivity contribution in [1.82, 2.24) is 10.6 Å². The van der Waals surface area contributed by atoms with Crippen LogP contribution >= 0.6 is 0 Å². The van der Waals surface area contributed by atoms with Gasteiger partial charge in [0.1, 0.15) is 0 Å². The lowest BCUT2D eigenvalue weighted by atomic mass is 10.2. The molecule has 6 nitrogen and oxygen atoms in total. The average Bonchev–Trinajstić information content (AvgIpc) is 2.51. The molecule has 0 aliphatic rings. The van der Waals surface area contributed by atoms with Crippen LogP contribution in [0.4, 0.5) is 0 Å². The Labute approximate surface area is 126 Å². The second-order valence-electron chi connectivity index (χ2n) is 4.56. The smallest absolute Gasteiger partial charge is 0.200 e. The van der Waals surface area contributed by atoms with Gasteiger partial charge in [-0.15, -0.1) is 0 Å². The summed E-state index contributed by atoms with van der Waals surface area (Å²) in [5, 5.41) is 16.3. The number of aliphatic imine (C=N–C) groups is 1. The molecule has 1 rings (SSSR count). The van der Waals surface area contributed by atoms with Gasteiger partial charge in [-0.1, -0.05) is 13.3 Å². The van der Waals surface area contributed by atoms with E-state index in [2.05, 4.69) is 22.5 Å². The van der Waals surface area contributed by atoms with Gasteiger partial charge < -0.3 is 25.2 Å². The average molecular weight is 295 g/mol. The molecule has 0 aliphatic carbocycles. The highest BCUT2D eigenvalue weighted by Gasteiger charge is 2.11. The number of guanidine groups is 1.